The fourth-order valence-corrected chi connectivity index (χ4v) is 3.59. The van der Waals surface area contributed by atoms with E-state index in [0.29, 0.717) is 24.9 Å². The van der Waals surface area contributed by atoms with Crippen molar-refractivity contribution >= 4 is 17.4 Å². The Morgan fingerprint density at radius 1 is 1.25 bits per heavy atom. The third-order valence-electron chi connectivity index (χ3n) is 5.43. The summed E-state index contributed by atoms with van der Waals surface area (Å²) in [5.41, 5.74) is 6.29. The van der Waals surface area contributed by atoms with Gasteiger partial charge in [-0.25, -0.2) is 9.97 Å². The highest BCUT2D eigenvalue weighted by molar-refractivity contribution is 5.92. The fourth-order valence-electron chi connectivity index (χ4n) is 3.59. The molecule has 10 nitrogen and oxygen atoms in total. The highest BCUT2D eigenvalue weighted by atomic mass is 19.4. The number of nitrogens with two attached hydrogens (primary N) is 1. The minimum atomic E-state index is -4.47. The van der Waals surface area contributed by atoms with E-state index in [1.165, 1.54) is 0 Å². The number of pyridine rings is 1. The summed E-state index contributed by atoms with van der Waals surface area (Å²) < 4.78 is 40.8. The maximum atomic E-state index is 12.3. The number of nitrogens with zero attached hydrogens (tertiary/aromatic N) is 4. The zero-order chi connectivity index (χ0) is 26.9. The number of carbonyl (C=O) groups is 1. The van der Waals surface area contributed by atoms with E-state index in [9.17, 15) is 28.2 Å². The fraction of sp³-hybridized carbons (Fsp3) is 0.565. The number of amides is 1. The van der Waals surface area contributed by atoms with Crippen LogP contribution in [0.5, 0.6) is 0 Å². The highest BCUT2D eigenvalue weighted by Gasteiger charge is 2.33. The van der Waals surface area contributed by atoms with Crippen molar-refractivity contribution in [1.29, 1.82) is 0 Å². The summed E-state index contributed by atoms with van der Waals surface area (Å²) in [7, 11) is 2.02. The molecule has 0 radical (unpaired) electrons. The Labute approximate surface area is 207 Å². The normalized spacial score (nSPS) is 21.2. The van der Waals surface area contributed by atoms with Crippen LogP contribution in [-0.2, 0) is 17.3 Å². The first kappa shape index (κ1) is 29.2. The largest absolute Gasteiger partial charge is 0.434 e. The number of hydrogen-bond donors (Lipinski definition) is 4. The number of nitrogen functional groups attached to an aromatic ring is 1. The molecule has 1 fully saturated rings. The first-order valence-corrected chi connectivity index (χ1v) is 11.7. The van der Waals surface area contributed by atoms with Crippen molar-refractivity contribution in [1.82, 2.24) is 20.3 Å². The molecule has 2 aromatic rings. The van der Waals surface area contributed by atoms with Crippen molar-refractivity contribution in [2.45, 2.75) is 57.6 Å². The van der Waals surface area contributed by atoms with Crippen LogP contribution in [0, 0.1) is 0 Å². The van der Waals surface area contributed by atoms with Gasteiger partial charge in [-0.3, -0.25) is 9.78 Å². The van der Waals surface area contributed by atoms with E-state index in [2.05, 4.69) is 25.2 Å². The smallest absolute Gasteiger partial charge is 0.390 e. The number of alkyl halides is 3. The van der Waals surface area contributed by atoms with Gasteiger partial charge in [0.15, 0.2) is 5.69 Å². The number of aryl methyl sites for hydroxylation is 1. The summed E-state index contributed by atoms with van der Waals surface area (Å²) in [6, 6.07) is 3.63. The molecule has 2 aliphatic heterocycles. The van der Waals surface area contributed by atoms with E-state index >= 15 is 0 Å². The maximum absolute atomic E-state index is 12.3. The molecule has 5 N–H and O–H groups in total. The average molecular weight is 515 g/mol. The topological polar surface area (TPSA) is 147 Å². The number of anilines is 2. The van der Waals surface area contributed by atoms with Crippen LogP contribution < -0.4 is 16.0 Å². The molecule has 0 aliphatic carbocycles. The lowest BCUT2D eigenvalue weighted by Crippen LogP contribution is -2.50. The van der Waals surface area contributed by atoms with E-state index in [0.717, 1.165) is 37.0 Å². The lowest BCUT2D eigenvalue weighted by atomic mass is 10.0. The summed E-state index contributed by atoms with van der Waals surface area (Å²) >= 11 is 0. The van der Waals surface area contributed by atoms with Crippen LogP contribution in [0.2, 0.25) is 0 Å². The van der Waals surface area contributed by atoms with Crippen LogP contribution in [0.15, 0.2) is 24.5 Å². The second-order valence-electron chi connectivity index (χ2n) is 7.98. The van der Waals surface area contributed by atoms with Gasteiger partial charge in [0.05, 0.1) is 29.9 Å². The number of nitrogens with one attached hydrogen (secondary N) is 1. The molecule has 1 amide bonds. The summed E-state index contributed by atoms with van der Waals surface area (Å²) in [6.45, 7) is 5.53. The van der Waals surface area contributed by atoms with Gasteiger partial charge < -0.3 is 30.9 Å². The number of halogens is 3. The Hall–Kier alpha value is -3.03. The van der Waals surface area contributed by atoms with Crippen molar-refractivity contribution in [2.75, 3.05) is 37.4 Å². The number of ether oxygens (including phenoxy) is 1. The molecule has 4 rings (SSSR count). The molecular weight excluding hydrogens is 481 g/mol. The second-order valence-corrected chi connectivity index (χ2v) is 7.98. The third kappa shape index (κ3) is 8.00. The standard InChI is InChI=1S/C16H23N3O4.C5H4F3N3.C2H6/c1-19-7-2-3-10-12(19)5-4-11(18-10)16(22)17-9-14-15(21)13(20)6-8-23-14;6-5(7,8)3-1-10-2-4(9)11-3;1-2/h4-5,13-15,20-21H,2-3,6-9H2,1H3,(H,17,22);1-2H,(H2,9,11);1-2H3. The van der Waals surface area contributed by atoms with Gasteiger partial charge in [-0.15, -0.1) is 0 Å². The van der Waals surface area contributed by atoms with Crippen LogP contribution >= 0.6 is 0 Å². The number of fused-ring (bicyclic) bond motifs is 1. The molecule has 36 heavy (non-hydrogen) atoms. The second kappa shape index (κ2) is 13.3. The Kier molecular flexibility index (Phi) is 10.8. The summed E-state index contributed by atoms with van der Waals surface area (Å²) in [6.07, 6.45) is -2.86. The van der Waals surface area contributed by atoms with Gasteiger partial charge >= 0.3 is 6.18 Å². The van der Waals surface area contributed by atoms with E-state index in [1.807, 2.05) is 27.0 Å². The minimum Gasteiger partial charge on any atom is -0.390 e. The minimum absolute atomic E-state index is 0.149. The molecule has 0 saturated carbocycles. The lowest BCUT2D eigenvalue weighted by molar-refractivity contribution is -0.141. The van der Waals surface area contributed by atoms with E-state index in [1.54, 1.807) is 6.07 Å². The number of aromatic nitrogens is 3. The van der Waals surface area contributed by atoms with Gasteiger partial charge in [0.2, 0.25) is 0 Å². The summed E-state index contributed by atoms with van der Waals surface area (Å²) in [4.78, 5) is 25.1. The van der Waals surface area contributed by atoms with Gasteiger partial charge in [0.1, 0.15) is 23.7 Å². The zero-order valence-electron chi connectivity index (χ0n) is 20.5. The molecule has 2 aromatic heterocycles. The Morgan fingerprint density at radius 3 is 2.61 bits per heavy atom. The van der Waals surface area contributed by atoms with Gasteiger partial charge in [-0.1, -0.05) is 13.8 Å². The van der Waals surface area contributed by atoms with Gasteiger partial charge in [0.25, 0.3) is 5.91 Å². The number of rotatable bonds is 3. The van der Waals surface area contributed by atoms with Gasteiger partial charge in [0, 0.05) is 26.7 Å². The summed E-state index contributed by atoms with van der Waals surface area (Å²) in [5, 5.41) is 22.2. The monoisotopic (exact) mass is 514 g/mol. The van der Waals surface area contributed by atoms with Gasteiger partial charge in [-0.2, -0.15) is 13.2 Å². The zero-order valence-corrected chi connectivity index (χ0v) is 20.5. The van der Waals surface area contributed by atoms with E-state index in [-0.39, 0.29) is 18.3 Å². The Morgan fingerprint density at radius 2 is 1.97 bits per heavy atom. The van der Waals surface area contributed by atoms with Crippen molar-refractivity contribution in [3.05, 3.63) is 41.6 Å². The van der Waals surface area contributed by atoms with Crippen LogP contribution in [0.4, 0.5) is 24.7 Å². The van der Waals surface area contributed by atoms with Crippen molar-refractivity contribution in [3.8, 4) is 0 Å². The predicted molar refractivity (Wildman–Crippen MR) is 127 cm³/mol. The van der Waals surface area contributed by atoms with E-state index < -0.39 is 30.2 Å². The van der Waals surface area contributed by atoms with Crippen molar-refractivity contribution in [2.24, 2.45) is 0 Å². The van der Waals surface area contributed by atoms with Crippen LogP contribution in [0.3, 0.4) is 0 Å². The number of carbonyl (C=O) groups excluding carboxylic acids is 1. The Balaban J connectivity index is 0.000000295. The van der Waals surface area contributed by atoms with Crippen LogP contribution in [0.1, 0.15) is 48.6 Å². The van der Waals surface area contributed by atoms with E-state index in [4.69, 9.17) is 10.5 Å². The predicted octanol–water partition coefficient (Wildman–Crippen LogP) is 1.81. The molecular formula is C23H33F3N6O4. The SMILES string of the molecule is CC.CN1CCCc2nc(C(=O)NCC3OCCC(O)C3O)ccc21.Nc1cncc(C(F)(F)F)n1. The van der Waals surface area contributed by atoms with Crippen molar-refractivity contribution in [3.63, 3.8) is 0 Å². The Bertz CT molecular complexity index is 995. The number of aliphatic hydroxyl groups excluding tert-OH is 2. The highest BCUT2D eigenvalue weighted by Crippen LogP contribution is 2.27. The molecule has 2 aliphatic rings. The lowest BCUT2D eigenvalue weighted by Gasteiger charge is -2.32. The molecule has 13 heteroatoms. The maximum Gasteiger partial charge on any atom is 0.434 e. The average Bonchev–Trinajstić information content (AvgIpc) is 2.86. The molecule has 1 saturated heterocycles. The molecule has 0 spiro atoms. The molecule has 0 aromatic carbocycles. The quantitative estimate of drug-likeness (QED) is 0.481. The molecule has 3 atom stereocenters. The van der Waals surface area contributed by atoms with Crippen LogP contribution in [-0.4, -0.2) is 76.1 Å². The molecule has 0 bridgehead atoms. The first-order chi connectivity index (χ1) is 17.1. The van der Waals surface area contributed by atoms with Crippen LogP contribution in [0.25, 0.3) is 0 Å². The van der Waals surface area contributed by atoms with Gasteiger partial charge in [-0.05, 0) is 31.4 Å². The van der Waals surface area contributed by atoms with Crippen molar-refractivity contribution < 1.29 is 32.9 Å². The number of aliphatic hydroxyl groups is 2. The number of hydrogen-bond acceptors (Lipinski definition) is 9. The first-order valence-electron chi connectivity index (χ1n) is 11.7. The molecule has 4 heterocycles. The molecule has 200 valence electrons. The molecule has 3 unspecified atom stereocenters. The summed E-state index contributed by atoms with van der Waals surface area (Å²) in [5.74, 6) is -0.531. The third-order valence-corrected chi connectivity index (χ3v) is 5.43.